The van der Waals surface area contributed by atoms with Crippen LogP contribution in [0, 0.1) is 0 Å². The molecule has 11 heteroatoms. The summed E-state index contributed by atoms with van der Waals surface area (Å²) >= 11 is 9.71. The van der Waals surface area contributed by atoms with Gasteiger partial charge >= 0.3 is 85.5 Å². The monoisotopic (exact) mass is 540 g/mol. The van der Waals surface area contributed by atoms with Gasteiger partial charge in [-0.1, -0.05) is 0 Å². The third-order valence-electron chi connectivity index (χ3n) is 2.91. The molecule has 0 fully saturated rings. The maximum atomic E-state index is 4.78. The molecule has 0 radical (unpaired) electrons. The summed E-state index contributed by atoms with van der Waals surface area (Å²) in [4.78, 5) is 0. The zero-order chi connectivity index (χ0) is 20.2. The average Bonchev–Trinajstić information content (AvgIpc) is 2.67. The van der Waals surface area contributed by atoms with Gasteiger partial charge in [-0.05, 0) is 0 Å². The van der Waals surface area contributed by atoms with E-state index in [0.29, 0.717) is 0 Å². The Morgan fingerprint density at radius 3 is 0.960 bits per heavy atom. The Morgan fingerprint density at radius 1 is 0.600 bits per heavy atom. The first-order valence-corrected chi connectivity index (χ1v) is 18.0. The molecule has 0 rings (SSSR count). The largest absolute Gasteiger partial charge is 0.708 e. The summed E-state index contributed by atoms with van der Waals surface area (Å²) in [6.45, 7) is 4.58. The van der Waals surface area contributed by atoms with Gasteiger partial charge in [0.15, 0.2) is 0 Å². The SMILES string of the molecule is CCC[CH2][Sn+2][CH2]CCC.CO[Si]([S-])(OC)OC.CO[Si]([S-])(OC)OC. The molecule has 6 nitrogen and oxygen atoms in total. The summed E-state index contributed by atoms with van der Waals surface area (Å²) in [6.07, 6.45) is 5.84. The Morgan fingerprint density at radius 2 is 0.840 bits per heavy atom. The Bertz CT molecular complexity index is 223. The maximum Gasteiger partial charge on any atom is 0.344 e. The molecular weight excluding hydrogens is 503 g/mol. The van der Waals surface area contributed by atoms with E-state index in [4.69, 9.17) is 50.7 Å². The van der Waals surface area contributed by atoms with Gasteiger partial charge in [-0.15, -0.1) is 0 Å². The number of hydrogen-bond donors (Lipinski definition) is 0. The van der Waals surface area contributed by atoms with Crippen molar-refractivity contribution < 1.29 is 26.6 Å². The maximum absolute atomic E-state index is 4.78. The number of rotatable bonds is 12. The Kier molecular flexibility index (Phi) is 27.6. The third-order valence-corrected chi connectivity index (χ3v) is 13.0. The van der Waals surface area contributed by atoms with Crippen LogP contribution in [0.3, 0.4) is 0 Å². The first kappa shape index (κ1) is 31.4. The third kappa shape index (κ3) is 21.8. The smallest absolute Gasteiger partial charge is 0.344 e. The Balaban J connectivity index is -0.000000291. The van der Waals surface area contributed by atoms with Crippen molar-refractivity contribution in [2.45, 2.75) is 48.4 Å². The molecule has 0 saturated carbocycles. The molecule has 0 aromatic rings. The molecule has 0 heterocycles. The van der Waals surface area contributed by atoms with Crippen LogP contribution in [0.25, 0.3) is 0 Å². The van der Waals surface area contributed by atoms with Crippen LogP contribution in [0.5, 0.6) is 0 Å². The predicted molar refractivity (Wildman–Crippen MR) is 113 cm³/mol. The molecule has 0 amide bonds. The summed E-state index contributed by atoms with van der Waals surface area (Å²) in [7, 11) is 3.69. The van der Waals surface area contributed by atoms with Crippen molar-refractivity contribution in [3.05, 3.63) is 0 Å². The zero-order valence-corrected chi connectivity index (χ0v) is 23.5. The van der Waals surface area contributed by atoms with Crippen LogP contribution in [0.1, 0.15) is 39.5 Å². The fourth-order valence-corrected chi connectivity index (χ4v) is 6.39. The van der Waals surface area contributed by atoms with Crippen molar-refractivity contribution in [2.75, 3.05) is 42.7 Å². The predicted octanol–water partition coefficient (Wildman–Crippen LogP) is 2.94. The first-order chi connectivity index (χ1) is 11.8. The van der Waals surface area contributed by atoms with Crippen molar-refractivity contribution in [3.63, 3.8) is 0 Å². The van der Waals surface area contributed by atoms with Crippen LogP contribution in [0.15, 0.2) is 0 Å². The molecule has 0 aliphatic heterocycles. The van der Waals surface area contributed by atoms with Gasteiger partial charge in [0.2, 0.25) is 0 Å². The molecule has 0 saturated heterocycles. The fourth-order valence-electron chi connectivity index (χ4n) is 1.23. The van der Waals surface area contributed by atoms with E-state index in [-0.39, 0.29) is 21.1 Å². The van der Waals surface area contributed by atoms with Crippen LogP contribution < -0.4 is 0 Å². The molecule has 0 atom stereocenters. The van der Waals surface area contributed by atoms with E-state index >= 15 is 0 Å². The van der Waals surface area contributed by atoms with Gasteiger partial charge in [0.25, 0.3) is 0 Å². The van der Waals surface area contributed by atoms with Crippen LogP contribution in [-0.4, -0.2) is 79.7 Å². The zero-order valence-electron chi connectivity index (χ0n) is 17.0. The van der Waals surface area contributed by atoms with Gasteiger partial charge in [0.1, 0.15) is 0 Å². The van der Waals surface area contributed by atoms with Gasteiger partial charge in [0, 0.05) is 42.7 Å². The van der Waals surface area contributed by atoms with E-state index in [1.807, 2.05) is 0 Å². The molecule has 152 valence electrons. The van der Waals surface area contributed by atoms with Crippen molar-refractivity contribution in [1.82, 2.24) is 0 Å². The van der Waals surface area contributed by atoms with E-state index < -0.39 is 15.9 Å². The summed E-state index contributed by atoms with van der Waals surface area (Å²) in [6, 6.07) is 0. The minimum Gasteiger partial charge on any atom is -0.708 e. The molecule has 0 bridgehead atoms. The van der Waals surface area contributed by atoms with Crippen LogP contribution in [-0.2, 0) is 50.7 Å². The normalized spacial score (nSPS) is 11.0. The second-order valence-corrected chi connectivity index (χ2v) is 16.4. The van der Waals surface area contributed by atoms with E-state index in [9.17, 15) is 0 Å². The average molecular weight is 539 g/mol. The molecule has 0 unspecified atom stereocenters. The quantitative estimate of drug-likeness (QED) is 0.213. The van der Waals surface area contributed by atoms with Crippen molar-refractivity contribution in [2.24, 2.45) is 0 Å². The molecule has 0 aliphatic rings. The van der Waals surface area contributed by atoms with Crippen molar-refractivity contribution in [1.29, 1.82) is 0 Å². The summed E-state index contributed by atoms with van der Waals surface area (Å²) in [5, 5.41) is 0. The standard InChI is InChI=1S/2C4H9.2C3H9O3SSi.Sn/c2*1-3-4-2;2*1-4-8(7,5-2)6-3;/h2*1,3-4H2,2H3;2*1-3H3;/q;;2*-1;+2. The Labute approximate surface area is 178 Å². The van der Waals surface area contributed by atoms with Gasteiger partial charge in [0.05, 0.1) is 0 Å². The minimum atomic E-state index is -2.59. The van der Waals surface area contributed by atoms with Gasteiger partial charge in [-0.25, -0.2) is 0 Å². The van der Waals surface area contributed by atoms with E-state index in [2.05, 4.69) is 13.8 Å². The minimum absolute atomic E-state index is 0.149. The molecule has 0 aromatic carbocycles. The summed E-state index contributed by atoms with van der Waals surface area (Å²) in [5.41, 5.74) is 0. The molecule has 0 aromatic heterocycles. The molecule has 0 N–H and O–H groups in total. The molecule has 0 aliphatic carbocycles. The van der Waals surface area contributed by atoms with Crippen LogP contribution >= 0.6 is 0 Å². The van der Waals surface area contributed by atoms with E-state index in [0.717, 1.165) is 0 Å². The fraction of sp³-hybridized carbons (Fsp3) is 1.00. The topological polar surface area (TPSA) is 55.4 Å². The summed E-state index contributed by atoms with van der Waals surface area (Å²) < 4.78 is 31.7. The van der Waals surface area contributed by atoms with Gasteiger partial charge in [-0.3, -0.25) is 0 Å². The molecular formula is C14H36O6S2Si2Sn. The van der Waals surface area contributed by atoms with Crippen molar-refractivity contribution >= 4 is 61.2 Å². The van der Waals surface area contributed by atoms with E-state index in [1.165, 1.54) is 68.3 Å². The second kappa shape index (κ2) is 22.0. The van der Waals surface area contributed by atoms with E-state index in [1.54, 1.807) is 8.87 Å². The second-order valence-electron chi connectivity index (χ2n) is 4.68. The van der Waals surface area contributed by atoms with Gasteiger partial charge < -0.3 is 50.7 Å². The molecule has 25 heavy (non-hydrogen) atoms. The van der Waals surface area contributed by atoms with Crippen molar-refractivity contribution in [3.8, 4) is 0 Å². The summed E-state index contributed by atoms with van der Waals surface area (Å²) in [5.74, 6) is 0. The molecule has 0 spiro atoms. The number of unbranched alkanes of at least 4 members (excludes halogenated alkanes) is 2. The first-order valence-electron chi connectivity index (χ1n) is 8.20. The van der Waals surface area contributed by atoms with Crippen LogP contribution in [0.4, 0.5) is 0 Å². The van der Waals surface area contributed by atoms with Gasteiger partial charge in [-0.2, -0.15) is 0 Å². The number of hydrogen-bond acceptors (Lipinski definition) is 8. The van der Waals surface area contributed by atoms with Crippen LogP contribution in [0.2, 0.25) is 8.87 Å². The Hall–Kier alpha value is 1.69.